The van der Waals surface area contributed by atoms with Gasteiger partial charge in [0.1, 0.15) is 4.88 Å². The molecule has 0 saturated carbocycles. The fraction of sp³-hybridized carbons (Fsp3) is 0.200. The van der Waals surface area contributed by atoms with Crippen LogP contribution in [-0.2, 0) is 4.74 Å². The molecule has 0 aliphatic carbocycles. The van der Waals surface area contributed by atoms with Gasteiger partial charge in [0.25, 0.3) is 0 Å². The van der Waals surface area contributed by atoms with Crippen LogP contribution in [0.2, 0.25) is 0 Å². The van der Waals surface area contributed by atoms with E-state index >= 15 is 0 Å². The first-order chi connectivity index (χ1) is 7.60. The third kappa shape index (κ3) is 2.80. The number of rotatable bonds is 4. The monoisotopic (exact) mass is 255 g/mol. The van der Waals surface area contributed by atoms with Gasteiger partial charge in [0.2, 0.25) is 0 Å². The molecule has 0 bridgehead atoms. The first-order valence-electron chi connectivity index (χ1n) is 4.31. The minimum atomic E-state index is -0.506. The van der Waals surface area contributed by atoms with Gasteiger partial charge in [-0.25, -0.2) is 4.79 Å². The molecule has 6 heteroatoms. The summed E-state index contributed by atoms with van der Waals surface area (Å²) in [4.78, 5) is 27.3. The van der Waals surface area contributed by atoms with E-state index < -0.39 is 5.97 Å². The van der Waals surface area contributed by atoms with Crippen molar-refractivity contribution in [2.75, 3.05) is 7.11 Å². The molecule has 1 aromatic heterocycles. The largest absolute Gasteiger partial charge is 0.465 e. The maximum atomic E-state index is 11.4. The quantitative estimate of drug-likeness (QED) is 0.359. The zero-order valence-corrected chi connectivity index (χ0v) is 10.4. The lowest BCUT2D eigenvalue weighted by Gasteiger charge is -1.95. The van der Waals surface area contributed by atoms with E-state index in [2.05, 4.69) is 21.9 Å². The lowest BCUT2D eigenvalue weighted by molar-refractivity contribution is 0.0607. The number of ketones is 1. The van der Waals surface area contributed by atoms with Crippen molar-refractivity contribution in [2.45, 2.75) is 6.92 Å². The molecule has 0 spiro atoms. The van der Waals surface area contributed by atoms with E-state index in [-0.39, 0.29) is 5.78 Å². The summed E-state index contributed by atoms with van der Waals surface area (Å²) in [7, 11) is 1.28. The highest BCUT2D eigenvalue weighted by Crippen LogP contribution is 2.30. The minimum Gasteiger partial charge on any atom is -0.465 e. The van der Waals surface area contributed by atoms with Crippen LogP contribution in [0, 0.1) is 0 Å². The molecule has 0 aromatic carbocycles. The fourth-order valence-electron chi connectivity index (χ4n) is 1.00. The van der Waals surface area contributed by atoms with E-state index in [1.165, 1.54) is 25.6 Å². The van der Waals surface area contributed by atoms with Gasteiger partial charge >= 0.3 is 5.97 Å². The molecule has 0 saturated heterocycles. The molecule has 0 atom stereocenters. The Labute approximate surface area is 102 Å². The fourth-order valence-corrected chi connectivity index (χ4v) is 1.98. The van der Waals surface area contributed by atoms with Crippen LogP contribution < -0.4 is 0 Å². The molecule has 1 heterocycles. The van der Waals surface area contributed by atoms with E-state index in [0.717, 1.165) is 11.3 Å². The van der Waals surface area contributed by atoms with E-state index in [9.17, 15) is 9.59 Å². The van der Waals surface area contributed by atoms with Crippen LogP contribution in [0.25, 0.3) is 0 Å². The van der Waals surface area contributed by atoms with Gasteiger partial charge in [0, 0.05) is 11.6 Å². The van der Waals surface area contributed by atoms with Gasteiger partial charge in [0.15, 0.2) is 5.78 Å². The van der Waals surface area contributed by atoms with Gasteiger partial charge in [-0.05, 0) is 13.0 Å². The van der Waals surface area contributed by atoms with Crippen molar-refractivity contribution in [1.82, 2.24) is 0 Å². The SMILES string of the molecule is COC(=O)c1sc(C(C)=O)cc1N=CC=S. The van der Waals surface area contributed by atoms with Crippen molar-refractivity contribution >= 4 is 52.6 Å². The highest BCUT2D eigenvalue weighted by molar-refractivity contribution is 7.80. The minimum absolute atomic E-state index is 0.112. The molecule has 1 rings (SSSR count). The number of ether oxygens (including phenoxy) is 1. The van der Waals surface area contributed by atoms with Crippen LogP contribution in [-0.4, -0.2) is 30.4 Å². The highest BCUT2D eigenvalue weighted by atomic mass is 32.1. The van der Waals surface area contributed by atoms with Crippen molar-refractivity contribution in [3.8, 4) is 0 Å². The molecule has 84 valence electrons. The van der Waals surface area contributed by atoms with Crippen LogP contribution in [0.4, 0.5) is 5.69 Å². The van der Waals surface area contributed by atoms with Crippen LogP contribution in [0.5, 0.6) is 0 Å². The van der Waals surface area contributed by atoms with Gasteiger partial charge in [-0.15, -0.1) is 11.3 Å². The van der Waals surface area contributed by atoms with E-state index in [1.54, 1.807) is 6.07 Å². The Bertz CT molecular complexity index is 463. The number of Topliss-reactive ketones (excluding diaryl/α,β-unsaturated/α-hetero) is 1. The predicted molar refractivity (Wildman–Crippen MR) is 67.5 cm³/mol. The second-order valence-electron chi connectivity index (χ2n) is 2.79. The van der Waals surface area contributed by atoms with Crippen LogP contribution in [0.1, 0.15) is 26.3 Å². The maximum absolute atomic E-state index is 11.4. The van der Waals surface area contributed by atoms with Gasteiger partial charge in [-0.3, -0.25) is 9.79 Å². The van der Waals surface area contributed by atoms with Crippen molar-refractivity contribution in [3.63, 3.8) is 0 Å². The Hall–Kier alpha value is -1.40. The number of hydrogen-bond donors (Lipinski definition) is 0. The van der Waals surface area contributed by atoms with Gasteiger partial charge in [-0.2, -0.15) is 0 Å². The molecule has 0 aliphatic heterocycles. The maximum Gasteiger partial charge on any atom is 0.350 e. The van der Waals surface area contributed by atoms with Gasteiger partial charge in [-0.1, -0.05) is 12.2 Å². The average molecular weight is 255 g/mol. The number of thiocarbonyl (C=S) groups is 1. The second kappa shape index (κ2) is 5.62. The van der Waals surface area contributed by atoms with E-state index in [0.29, 0.717) is 15.4 Å². The first kappa shape index (κ1) is 12.7. The molecule has 0 unspecified atom stereocenters. The van der Waals surface area contributed by atoms with Crippen LogP contribution >= 0.6 is 23.6 Å². The van der Waals surface area contributed by atoms with Crippen molar-refractivity contribution in [2.24, 2.45) is 4.99 Å². The number of nitrogens with zero attached hydrogens (tertiary/aromatic N) is 1. The number of hydrogen-bond acceptors (Lipinski definition) is 6. The molecule has 16 heavy (non-hydrogen) atoms. The average Bonchev–Trinajstić information content (AvgIpc) is 2.69. The van der Waals surface area contributed by atoms with E-state index in [4.69, 9.17) is 0 Å². The molecule has 0 N–H and O–H groups in total. The molecular formula is C10H9NO3S2. The summed E-state index contributed by atoms with van der Waals surface area (Å²) in [6, 6.07) is 1.55. The predicted octanol–water partition coefficient (Wildman–Crippen LogP) is 2.44. The Morgan fingerprint density at radius 1 is 1.56 bits per heavy atom. The summed E-state index contributed by atoms with van der Waals surface area (Å²) in [6.07, 6.45) is 1.38. The van der Waals surface area contributed by atoms with Gasteiger partial charge in [0.05, 0.1) is 17.7 Å². The highest BCUT2D eigenvalue weighted by Gasteiger charge is 2.17. The van der Waals surface area contributed by atoms with Crippen LogP contribution in [0.15, 0.2) is 11.1 Å². The topological polar surface area (TPSA) is 55.7 Å². The number of methoxy groups -OCH3 is 1. The number of esters is 1. The number of aliphatic imine (C=N–C) groups is 1. The molecule has 0 radical (unpaired) electrons. The number of thiophene rings is 1. The summed E-state index contributed by atoms with van der Waals surface area (Å²) in [5.41, 5.74) is 0.406. The number of carbonyl (C=O) groups is 2. The van der Waals surface area contributed by atoms with Crippen molar-refractivity contribution in [1.29, 1.82) is 0 Å². The second-order valence-corrected chi connectivity index (χ2v) is 4.11. The molecule has 0 aliphatic rings. The van der Waals surface area contributed by atoms with Crippen molar-refractivity contribution in [3.05, 3.63) is 15.8 Å². The van der Waals surface area contributed by atoms with Crippen LogP contribution in [0.3, 0.4) is 0 Å². The summed E-state index contributed by atoms with van der Waals surface area (Å²) >= 11 is 5.66. The standard InChI is InChI=1S/C10H9NO3S2/c1-6(12)8-5-7(11-3-4-15)9(16-8)10(13)14-2/h3-5H,1-2H3. The smallest absolute Gasteiger partial charge is 0.350 e. The molecule has 4 nitrogen and oxygen atoms in total. The molecule has 1 aromatic rings. The third-order valence-corrected chi connectivity index (χ3v) is 3.03. The lowest BCUT2D eigenvalue weighted by atomic mass is 10.3. The zero-order chi connectivity index (χ0) is 12.1. The Balaban J connectivity index is 3.22. The number of carbonyl (C=O) groups excluding carboxylic acids is 2. The molecule has 0 fully saturated rings. The Morgan fingerprint density at radius 2 is 2.25 bits per heavy atom. The third-order valence-electron chi connectivity index (χ3n) is 1.70. The Morgan fingerprint density at radius 3 is 2.75 bits per heavy atom. The van der Waals surface area contributed by atoms with E-state index in [1.807, 2.05) is 0 Å². The summed E-state index contributed by atoms with van der Waals surface area (Å²) < 4.78 is 4.60. The zero-order valence-electron chi connectivity index (χ0n) is 8.72. The summed E-state index contributed by atoms with van der Waals surface area (Å²) in [5, 5.41) is 1.33. The molecular weight excluding hydrogens is 246 g/mol. The van der Waals surface area contributed by atoms with Crippen molar-refractivity contribution < 1.29 is 14.3 Å². The molecule has 0 amide bonds. The summed E-state index contributed by atoms with van der Waals surface area (Å²) in [6.45, 7) is 1.43. The normalized spacial score (nSPS) is 10.4. The summed E-state index contributed by atoms with van der Waals surface area (Å²) in [5.74, 6) is -0.618. The lowest BCUT2D eigenvalue weighted by Crippen LogP contribution is -1.97. The first-order valence-corrected chi connectivity index (χ1v) is 5.59. The Kier molecular flexibility index (Phi) is 4.45. The van der Waals surface area contributed by atoms with Gasteiger partial charge < -0.3 is 4.74 Å².